The molecule has 0 saturated carbocycles. The average molecular weight is 557 g/mol. The standard InChI is InChI=1S/C11H14O2.C10H14.C8H14O2.C5H10O2/c1-3-8(2)9-4-6-10(7-5-9)11(12)13;1-3-9(2)10-7-5-4-6-8-10;1-4-6-10-8(9)7(3)5-2;1-3-4(2)5(6)7/h4-8H,3H2,1-2H3,(H,12,13);4-9H,3H2,1-2H3;4,7H,1,5-6H2,2-3H3;4H,3H2,1-2H3,(H,6,7). The Balaban J connectivity index is 0. The van der Waals surface area contributed by atoms with Gasteiger partial charge in [0.1, 0.15) is 6.61 Å². The number of rotatable bonds is 11. The second-order valence-electron chi connectivity index (χ2n) is 9.83. The van der Waals surface area contributed by atoms with Crippen molar-refractivity contribution in [2.45, 2.75) is 92.9 Å². The van der Waals surface area contributed by atoms with Gasteiger partial charge in [-0.1, -0.05) is 111 Å². The largest absolute Gasteiger partial charge is 0.481 e. The van der Waals surface area contributed by atoms with Crippen LogP contribution in [0.2, 0.25) is 0 Å². The van der Waals surface area contributed by atoms with Crippen LogP contribution in [0.25, 0.3) is 0 Å². The van der Waals surface area contributed by atoms with Gasteiger partial charge in [-0.05, 0) is 60.8 Å². The predicted molar refractivity (Wildman–Crippen MR) is 165 cm³/mol. The summed E-state index contributed by atoms with van der Waals surface area (Å²) >= 11 is 0. The van der Waals surface area contributed by atoms with Crippen LogP contribution in [-0.2, 0) is 14.3 Å². The van der Waals surface area contributed by atoms with E-state index in [0.717, 1.165) is 19.3 Å². The number of carbonyl (C=O) groups excluding carboxylic acids is 1. The molecule has 0 amide bonds. The van der Waals surface area contributed by atoms with Crippen molar-refractivity contribution in [2.24, 2.45) is 11.8 Å². The number of carbonyl (C=O) groups is 3. The molecule has 2 N–H and O–H groups in total. The lowest BCUT2D eigenvalue weighted by Crippen LogP contribution is -2.13. The molecular weight excluding hydrogens is 504 g/mol. The Labute approximate surface area is 242 Å². The van der Waals surface area contributed by atoms with Crippen molar-refractivity contribution in [1.82, 2.24) is 0 Å². The second-order valence-corrected chi connectivity index (χ2v) is 9.83. The zero-order valence-electron chi connectivity index (χ0n) is 25.9. The third-order valence-corrected chi connectivity index (χ3v) is 6.71. The first-order valence-corrected chi connectivity index (χ1v) is 14.3. The SMILES string of the molecule is C=CCOC(=O)C(C)CC.CCC(C)C(=O)O.CCC(C)c1ccc(C(=O)O)cc1.CCC(C)c1ccccc1. The molecular formula is C34H52O6. The molecule has 2 aromatic rings. The van der Waals surface area contributed by atoms with Gasteiger partial charge in [0.15, 0.2) is 0 Å². The van der Waals surface area contributed by atoms with E-state index in [9.17, 15) is 14.4 Å². The van der Waals surface area contributed by atoms with Crippen molar-refractivity contribution >= 4 is 17.9 Å². The summed E-state index contributed by atoms with van der Waals surface area (Å²) in [4.78, 5) is 31.3. The van der Waals surface area contributed by atoms with Gasteiger partial charge in [0.25, 0.3) is 0 Å². The van der Waals surface area contributed by atoms with Crippen LogP contribution >= 0.6 is 0 Å². The second kappa shape index (κ2) is 23.5. The van der Waals surface area contributed by atoms with Gasteiger partial charge in [-0.2, -0.15) is 0 Å². The van der Waals surface area contributed by atoms with Gasteiger partial charge in [-0.3, -0.25) is 9.59 Å². The molecule has 2 rings (SSSR count). The molecule has 224 valence electrons. The van der Waals surface area contributed by atoms with Crippen LogP contribution in [0.5, 0.6) is 0 Å². The molecule has 0 fully saturated rings. The van der Waals surface area contributed by atoms with E-state index >= 15 is 0 Å². The van der Waals surface area contributed by atoms with Crippen LogP contribution < -0.4 is 0 Å². The molecule has 4 unspecified atom stereocenters. The van der Waals surface area contributed by atoms with Crippen LogP contribution in [0.4, 0.5) is 0 Å². The number of aliphatic carboxylic acids is 1. The molecule has 0 spiro atoms. The summed E-state index contributed by atoms with van der Waals surface area (Å²) in [6, 6.07) is 17.7. The molecule has 0 aliphatic heterocycles. The fourth-order valence-corrected chi connectivity index (χ4v) is 2.83. The van der Waals surface area contributed by atoms with Gasteiger partial charge in [0.2, 0.25) is 0 Å². The average Bonchev–Trinajstić information content (AvgIpc) is 2.99. The van der Waals surface area contributed by atoms with Gasteiger partial charge in [0.05, 0.1) is 17.4 Å². The van der Waals surface area contributed by atoms with Crippen LogP contribution in [0.15, 0.2) is 67.3 Å². The zero-order chi connectivity index (χ0) is 31.1. The minimum absolute atomic E-state index is 0.0138. The normalized spacial score (nSPS) is 12.7. The first-order chi connectivity index (χ1) is 18.9. The Kier molecular flexibility index (Phi) is 22.7. The summed E-state index contributed by atoms with van der Waals surface area (Å²) in [5.41, 5.74) is 3.00. The molecule has 0 aliphatic carbocycles. The lowest BCUT2D eigenvalue weighted by molar-refractivity contribution is -0.146. The van der Waals surface area contributed by atoms with Crippen molar-refractivity contribution in [1.29, 1.82) is 0 Å². The number of carboxylic acid groups (broad SMARTS) is 2. The highest BCUT2D eigenvalue weighted by Gasteiger charge is 2.10. The summed E-state index contributed by atoms with van der Waals surface area (Å²) < 4.78 is 4.79. The molecule has 0 heterocycles. The first kappa shape index (κ1) is 38.7. The highest BCUT2D eigenvalue weighted by molar-refractivity contribution is 5.87. The molecule has 0 aromatic heterocycles. The fraction of sp³-hybridized carbons (Fsp3) is 0.500. The molecule has 0 saturated heterocycles. The van der Waals surface area contributed by atoms with Gasteiger partial charge >= 0.3 is 17.9 Å². The van der Waals surface area contributed by atoms with E-state index in [2.05, 4.69) is 64.6 Å². The number of hydrogen-bond acceptors (Lipinski definition) is 4. The van der Waals surface area contributed by atoms with Crippen molar-refractivity contribution in [3.63, 3.8) is 0 Å². The molecule has 6 heteroatoms. The van der Waals surface area contributed by atoms with Crippen molar-refractivity contribution in [3.05, 3.63) is 83.9 Å². The van der Waals surface area contributed by atoms with Crippen molar-refractivity contribution < 1.29 is 29.3 Å². The van der Waals surface area contributed by atoms with Crippen molar-refractivity contribution in [2.75, 3.05) is 6.61 Å². The van der Waals surface area contributed by atoms with E-state index in [4.69, 9.17) is 14.9 Å². The van der Waals surface area contributed by atoms with Crippen LogP contribution in [0, 0.1) is 11.8 Å². The highest BCUT2D eigenvalue weighted by Crippen LogP contribution is 2.19. The lowest BCUT2D eigenvalue weighted by Gasteiger charge is -2.08. The summed E-state index contributed by atoms with van der Waals surface area (Å²) in [6.45, 7) is 19.9. The van der Waals surface area contributed by atoms with Crippen molar-refractivity contribution in [3.8, 4) is 0 Å². The molecule has 40 heavy (non-hydrogen) atoms. The Morgan fingerprint density at radius 1 is 0.725 bits per heavy atom. The number of hydrogen-bond donors (Lipinski definition) is 2. The number of carboxylic acids is 2. The van der Waals surface area contributed by atoms with Crippen LogP contribution in [0.3, 0.4) is 0 Å². The minimum Gasteiger partial charge on any atom is -0.481 e. The maximum atomic E-state index is 10.9. The molecule has 2 aromatic carbocycles. The van der Waals surface area contributed by atoms with E-state index in [1.54, 1.807) is 25.1 Å². The molecule has 6 nitrogen and oxygen atoms in total. The third kappa shape index (κ3) is 18.0. The maximum absolute atomic E-state index is 10.9. The lowest BCUT2D eigenvalue weighted by atomic mass is 9.98. The Morgan fingerprint density at radius 2 is 1.18 bits per heavy atom. The maximum Gasteiger partial charge on any atom is 0.335 e. The van der Waals surface area contributed by atoms with E-state index in [1.807, 2.05) is 32.9 Å². The first-order valence-electron chi connectivity index (χ1n) is 14.3. The van der Waals surface area contributed by atoms with Gasteiger partial charge < -0.3 is 14.9 Å². The van der Waals surface area contributed by atoms with E-state index in [1.165, 1.54) is 17.5 Å². The Morgan fingerprint density at radius 3 is 1.50 bits per heavy atom. The number of benzene rings is 2. The van der Waals surface area contributed by atoms with Gasteiger partial charge in [-0.15, -0.1) is 0 Å². The molecule has 0 aliphatic rings. The summed E-state index contributed by atoms with van der Waals surface area (Å²) in [5.74, 6) is -0.662. The summed E-state index contributed by atoms with van der Waals surface area (Å²) in [6.07, 6.45) is 5.42. The van der Waals surface area contributed by atoms with Gasteiger partial charge in [0, 0.05) is 0 Å². The predicted octanol–water partition coefficient (Wildman–Crippen LogP) is 8.98. The molecule has 0 bridgehead atoms. The molecule has 0 radical (unpaired) electrons. The summed E-state index contributed by atoms with van der Waals surface area (Å²) in [7, 11) is 0. The van der Waals surface area contributed by atoms with Crippen LogP contribution in [-0.4, -0.2) is 34.7 Å². The Bertz CT molecular complexity index is 952. The zero-order valence-corrected chi connectivity index (χ0v) is 25.9. The third-order valence-electron chi connectivity index (χ3n) is 6.71. The van der Waals surface area contributed by atoms with Crippen LogP contribution in [0.1, 0.15) is 114 Å². The fourth-order valence-electron chi connectivity index (χ4n) is 2.83. The number of ether oxygens (including phenoxy) is 1. The monoisotopic (exact) mass is 556 g/mol. The topological polar surface area (TPSA) is 101 Å². The highest BCUT2D eigenvalue weighted by atomic mass is 16.5. The van der Waals surface area contributed by atoms with E-state index in [-0.39, 0.29) is 17.8 Å². The molecule has 4 atom stereocenters. The number of esters is 1. The van der Waals surface area contributed by atoms with E-state index in [0.29, 0.717) is 24.0 Å². The summed E-state index contributed by atoms with van der Waals surface area (Å²) in [5, 5.41) is 16.9. The Hall–Kier alpha value is -3.41. The smallest absolute Gasteiger partial charge is 0.335 e. The van der Waals surface area contributed by atoms with Gasteiger partial charge in [-0.25, -0.2) is 4.79 Å². The quantitative estimate of drug-likeness (QED) is 0.212. The van der Waals surface area contributed by atoms with E-state index < -0.39 is 11.9 Å². The number of aromatic carboxylic acids is 1. The minimum atomic E-state index is -0.865.